The molecule has 0 fully saturated rings. The van der Waals surface area contributed by atoms with E-state index in [4.69, 9.17) is 11.6 Å². The number of fused-ring (bicyclic) bond motifs is 1. The van der Waals surface area contributed by atoms with Crippen LogP contribution in [0.25, 0.3) is 16.5 Å². The third kappa shape index (κ3) is 4.29. The Balaban J connectivity index is 1.52. The molecule has 8 heteroatoms. The zero-order valence-corrected chi connectivity index (χ0v) is 20.6. The van der Waals surface area contributed by atoms with Crippen molar-refractivity contribution >= 4 is 38.1 Å². The molecule has 180 valence electrons. The van der Waals surface area contributed by atoms with Gasteiger partial charge in [0.15, 0.2) is 0 Å². The highest BCUT2D eigenvalue weighted by Gasteiger charge is 2.28. The first-order valence-corrected chi connectivity index (χ1v) is 13.0. The molecule has 0 bridgehead atoms. The van der Waals surface area contributed by atoms with Crippen molar-refractivity contribution in [3.8, 4) is 0 Å². The van der Waals surface area contributed by atoms with Crippen molar-refractivity contribution in [1.29, 1.82) is 0 Å². The average Bonchev–Trinajstić information content (AvgIpc) is 3.12. The van der Waals surface area contributed by atoms with Gasteiger partial charge in [0.2, 0.25) is 10.0 Å². The summed E-state index contributed by atoms with van der Waals surface area (Å²) in [5.41, 5.74) is 4.39. The lowest BCUT2D eigenvalue weighted by Crippen LogP contribution is -2.34. The molecule has 0 amide bonds. The molecular formula is C27H23ClF2N2O2S. The van der Waals surface area contributed by atoms with Crippen molar-refractivity contribution in [1.82, 2.24) is 8.87 Å². The van der Waals surface area contributed by atoms with Crippen LogP contribution in [0.1, 0.15) is 23.2 Å². The third-order valence-corrected chi connectivity index (χ3v) is 8.75. The molecule has 0 unspecified atom stereocenters. The summed E-state index contributed by atoms with van der Waals surface area (Å²) >= 11 is 6.31. The van der Waals surface area contributed by atoms with Crippen molar-refractivity contribution < 1.29 is 17.2 Å². The average molecular weight is 513 g/mol. The fourth-order valence-electron chi connectivity index (χ4n) is 4.75. The van der Waals surface area contributed by atoms with Crippen LogP contribution in [0.15, 0.2) is 77.7 Å². The fourth-order valence-corrected chi connectivity index (χ4v) is 6.39. The molecule has 35 heavy (non-hydrogen) atoms. The zero-order valence-electron chi connectivity index (χ0n) is 19.0. The Bertz CT molecular complexity index is 1560. The van der Waals surface area contributed by atoms with Crippen molar-refractivity contribution in [3.05, 3.63) is 106 Å². The highest BCUT2D eigenvalue weighted by molar-refractivity contribution is 7.89. The summed E-state index contributed by atoms with van der Waals surface area (Å²) in [7, 11) is -3.80. The van der Waals surface area contributed by atoms with Gasteiger partial charge in [-0.05, 0) is 55.3 Å². The molecule has 0 N–H and O–H groups in total. The molecular weight excluding hydrogens is 490 g/mol. The van der Waals surface area contributed by atoms with E-state index in [2.05, 4.69) is 0 Å². The highest BCUT2D eigenvalue weighted by atomic mass is 35.5. The first-order chi connectivity index (χ1) is 16.8. The van der Waals surface area contributed by atoms with Gasteiger partial charge in [0.25, 0.3) is 0 Å². The first-order valence-electron chi connectivity index (χ1n) is 11.2. The number of benzene rings is 3. The van der Waals surface area contributed by atoms with E-state index < -0.39 is 15.8 Å². The lowest BCUT2D eigenvalue weighted by atomic mass is 9.97. The Morgan fingerprint density at radius 3 is 2.49 bits per heavy atom. The molecule has 4 aromatic rings. The summed E-state index contributed by atoms with van der Waals surface area (Å²) in [5, 5.41) is 1.39. The summed E-state index contributed by atoms with van der Waals surface area (Å²) in [5.74, 6) is -0.941. The lowest BCUT2D eigenvalue weighted by Gasteiger charge is -2.26. The van der Waals surface area contributed by atoms with Gasteiger partial charge in [0, 0.05) is 45.8 Å². The van der Waals surface area contributed by atoms with Gasteiger partial charge in [-0.2, -0.15) is 4.31 Å². The van der Waals surface area contributed by atoms with E-state index in [-0.39, 0.29) is 30.3 Å². The van der Waals surface area contributed by atoms with Crippen molar-refractivity contribution in [2.75, 3.05) is 13.1 Å². The van der Waals surface area contributed by atoms with Crippen LogP contribution in [0.3, 0.4) is 0 Å². The summed E-state index contributed by atoms with van der Waals surface area (Å²) in [6.07, 6.45) is 2.42. The largest absolute Gasteiger partial charge is 0.340 e. The molecule has 0 saturated heterocycles. The van der Waals surface area contributed by atoms with E-state index in [9.17, 15) is 17.2 Å². The Kier molecular flexibility index (Phi) is 6.25. The van der Waals surface area contributed by atoms with Crippen molar-refractivity contribution in [2.45, 2.75) is 24.8 Å². The zero-order chi connectivity index (χ0) is 24.7. The van der Waals surface area contributed by atoms with Crippen LogP contribution in [0, 0.1) is 18.6 Å². The topological polar surface area (TPSA) is 42.3 Å². The third-order valence-electron chi connectivity index (χ3n) is 6.54. The molecule has 1 aliphatic heterocycles. The highest BCUT2D eigenvalue weighted by Crippen LogP contribution is 2.36. The minimum atomic E-state index is -3.80. The number of sulfonamides is 1. The molecule has 0 radical (unpaired) electrons. The summed E-state index contributed by atoms with van der Waals surface area (Å²) in [4.78, 5) is -0.0519. The fraction of sp³-hybridized carbons (Fsp3) is 0.185. The monoisotopic (exact) mass is 512 g/mol. The van der Waals surface area contributed by atoms with Crippen LogP contribution in [0.2, 0.25) is 5.02 Å². The van der Waals surface area contributed by atoms with Crippen LogP contribution < -0.4 is 0 Å². The van der Waals surface area contributed by atoms with Crippen molar-refractivity contribution in [2.24, 2.45) is 0 Å². The number of aromatic nitrogens is 1. The Hall–Kier alpha value is -3.00. The summed E-state index contributed by atoms with van der Waals surface area (Å²) in [6, 6.07) is 17.6. The number of hydrogen-bond acceptors (Lipinski definition) is 2. The molecule has 3 aromatic carbocycles. The van der Waals surface area contributed by atoms with Gasteiger partial charge < -0.3 is 4.57 Å². The van der Waals surface area contributed by atoms with E-state index in [1.807, 2.05) is 41.8 Å². The van der Waals surface area contributed by atoms with Gasteiger partial charge in [-0.3, -0.25) is 0 Å². The molecule has 0 atom stereocenters. The number of para-hydroxylation sites is 1. The second-order valence-corrected chi connectivity index (χ2v) is 10.9. The first kappa shape index (κ1) is 23.7. The molecule has 0 spiro atoms. The van der Waals surface area contributed by atoms with Gasteiger partial charge in [0.1, 0.15) is 11.6 Å². The molecule has 1 aromatic heterocycles. The molecule has 2 heterocycles. The van der Waals surface area contributed by atoms with E-state index in [1.54, 1.807) is 12.1 Å². The molecule has 4 nitrogen and oxygen atoms in total. The Labute approximate surface area is 208 Å². The molecule has 5 rings (SSSR count). The van der Waals surface area contributed by atoms with E-state index in [1.165, 1.54) is 28.6 Å². The maximum absolute atomic E-state index is 14.6. The number of nitrogens with zero attached hydrogens (tertiary/aromatic N) is 2. The SMILES string of the molecule is Cc1c(C2=CCN(S(=O)(=O)c3cccc(F)c3)CC2)c2ccccc2n1Cc1c(F)cccc1Cl. The van der Waals surface area contributed by atoms with Crippen LogP contribution >= 0.6 is 11.6 Å². The minimum absolute atomic E-state index is 0.0519. The minimum Gasteiger partial charge on any atom is -0.340 e. The smallest absolute Gasteiger partial charge is 0.243 e. The van der Waals surface area contributed by atoms with Gasteiger partial charge in [0.05, 0.1) is 11.4 Å². The van der Waals surface area contributed by atoms with Crippen LogP contribution in [0.5, 0.6) is 0 Å². The molecule has 0 saturated carbocycles. The number of rotatable bonds is 5. The Morgan fingerprint density at radius 2 is 1.77 bits per heavy atom. The maximum Gasteiger partial charge on any atom is 0.243 e. The predicted molar refractivity (Wildman–Crippen MR) is 135 cm³/mol. The number of halogens is 3. The molecule has 0 aliphatic carbocycles. The van der Waals surface area contributed by atoms with Gasteiger partial charge >= 0.3 is 0 Å². The summed E-state index contributed by atoms with van der Waals surface area (Å²) in [6.45, 7) is 2.74. The van der Waals surface area contributed by atoms with E-state index in [0.29, 0.717) is 17.0 Å². The van der Waals surface area contributed by atoms with Crippen LogP contribution in [-0.4, -0.2) is 30.4 Å². The second kappa shape index (κ2) is 9.22. The van der Waals surface area contributed by atoms with Crippen LogP contribution in [0.4, 0.5) is 8.78 Å². The van der Waals surface area contributed by atoms with Gasteiger partial charge in [-0.15, -0.1) is 0 Å². The maximum atomic E-state index is 14.6. The van der Waals surface area contributed by atoms with Gasteiger partial charge in [-0.25, -0.2) is 17.2 Å². The van der Waals surface area contributed by atoms with Crippen molar-refractivity contribution in [3.63, 3.8) is 0 Å². The standard InChI is InChI=1S/C27H23ClF2N2O2S/c1-18-27(19-12-14-31(15-13-19)35(33,34)21-7-4-6-20(29)16-21)22-8-2-3-11-26(22)32(18)17-23-24(28)9-5-10-25(23)30/h2-12,16H,13-15,17H2,1H3. The number of hydrogen-bond donors (Lipinski definition) is 0. The molecule has 1 aliphatic rings. The normalized spacial score (nSPS) is 14.9. The summed E-state index contributed by atoms with van der Waals surface area (Å²) < 4.78 is 57.6. The second-order valence-electron chi connectivity index (χ2n) is 8.56. The quantitative estimate of drug-likeness (QED) is 0.310. The predicted octanol–water partition coefficient (Wildman–Crippen LogP) is 6.41. The lowest BCUT2D eigenvalue weighted by molar-refractivity contribution is 0.440. The van der Waals surface area contributed by atoms with Gasteiger partial charge in [-0.1, -0.05) is 48.0 Å². The van der Waals surface area contributed by atoms with E-state index in [0.717, 1.165) is 33.8 Å². The van der Waals surface area contributed by atoms with E-state index >= 15 is 0 Å². The van der Waals surface area contributed by atoms with Crippen LogP contribution in [-0.2, 0) is 16.6 Å². The Morgan fingerprint density at radius 1 is 1.00 bits per heavy atom.